The van der Waals surface area contributed by atoms with Gasteiger partial charge in [0.1, 0.15) is 0 Å². The van der Waals surface area contributed by atoms with Crippen molar-refractivity contribution in [2.75, 3.05) is 20.7 Å². The average molecular weight is 193 g/mol. The normalized spacial score (nSPS) is 10.9. The summed E-state index contributed by atoms with van der Waals surface area (Å²) >= 11 is 0. The van der Waals surface area contributed by atoms with Gasteiger partial charge in [-0.15, -0.1) is 0 Å². The molecular formula is C12H19NO. The van der Waals surface area contributed by atoms with Crippen LogP contribution in [0.5, 0.6) is 0 Å². The number of rotatable bonds is 5. The van der Waals surface area contributed by atoms with Crippen molar-refractivity contribution in [1.82, 2.24) is 4.90 Å². The van der Waals surface area contributed by atoms with E-state index in [0.29, 0.717) is 0 Å². The van der Waals surface area contributed by atoms with Crippen molar-refractivity contribution in [3.05, 3.63) is 35.4 Å². The van der Waals surface area contributed by atoms with Gasteiger partial charge in [-0.2, -0.15) is 0 Å². The van der Waals surface area contributed by atoms with E-state index in [2.05, 4.69) is 43.3 Å². The molecule has 1 aromatic carbocycles. The van der Waals surface area contributed by atoms with Gasteiger partial charge in [-0.05, 0) is 38.1 Å². The summed E-state index contributed by atoms with van der Waals surface area (Å²) in [5.74, 6) is 0. The van der Waals surface area contributed by atoms with Crippen LogP contribution < -0.4 is 0 Å². The highest BCUT2D eigenvalue weighted by Crippen LogP contribution is 2.12. The summed E-state index contributed by atoms with van der Waals surface area (Å²) in [6, 6.07) is 8.44. The monoisotopic (exact) mass is 193 g/mol. The number of hydrogen-bond donors (Lipinski definition) is 1. The third-order valence-corrected chi connectivity index (χ3v) is 2.21. The Morgan fingerprint density at radius 2 is 1.79 bits per heavy atom. The molecule has 78 valence electrons. The predicted octanol–water partition coefficient (Wildman–Crippen LogP) is 1.67. The molecule has 0 amide bonds. The van der Waals surface area contributed by atoms with Crippen LogP contribution in [0.4, 0.5) is 0 Å². The van der Waals surface area contributed by atoms with E-state index in [4.69, 9.17) is 5.11 Å². The fraction of sp³-hybridized carbons (Fsp3) is 0.500. The summed E-state index contributed by atoms with van der Waals surface area (Å²) in [7, 11) is 4.14. The number of aliphatic hydroxyl groups is 1. The van der Waals surface area contributed by atoms with Crippen molar-refractivity contribution < 1.29 is 5.11 Å². The Labute approximate surface area is 86.2 Å². The first-order valence-corrected chi connectivity index (χ1v) is 5.06. The Morgan fingerprint density at radius 3 is 2.36 bits per heavy atom. The minimum Gasteiger partial charge on any atom is -0.396 e. The lowest BCUT2D eigenvalue weighted by Crippen LogP contribution is -2.12. The molecule has 0 aromatic heterocycles. The van der Waals surface area contributed by atoms with Crippen LogP contribution in [0.2, 0.25) is 0 Å². The van der Waals surface area contributed by atoms with Crippen LogP contribution in [-0.4, -0.2) is 30.7 Å². The minimum atomic E-state index is 0.274. The quantitative estimate of drug-likeness (QED) is 0.769. The Balaban J connectivity index is 2.69. The van der Waals surface area contributed by atoms with Crippen molar-refractivity contribution in [1.29, 1.82) is 0 Å². The predicted molar refractivity (Wildman–Crippen MR) is 59.2 cm³/mol. The lowest BCUT2D eigenvalue weighted by molar-refractivity contribution is 0.288. The van der Waals surface area contributed by atoms with Crippen LogP contribution in [0.25, 0.3) is 0 Å². The lowest BCUT2D eigenvalue weighted by atomic mass is 10.0. The molecular weight excluding hydrogens is 174 g/mol. The van der Waals surface area contributed by atoms with Crippen molar-refractivity contribution >= 4 is 0 Å². The zero-order chi connectivity index (χ0) is 10.4. The van der Waals surface area contributed by atoms with Gasteiger partial charge < -0.3 is 10.0 Å². The molecule has 0 aliphatic rings. The molecule has 0 bridgehead atoms. The Morgan fingerprint density at radius 1 is 1.14 bits per heavy atom. The van der Waals surface area contributed by atoms with E-state index >= 15 is 0 Å². The standard InChI is InChI=1S/C12H19NO/c1-13(2)10-12-7-4-3-6-11(12)8-5-9-14/h3-4,6-7,14H,5,8-10H2,1-2H3. The molecule has 1 aromatic rings. The van der Waals surface area contributed by atoms with Crippen molar-refractivity contribution in [3.63, 3.8) is 0 Å². The maximum atomic E-state index is 8.79. The molecule has 1 rings (SSSR count). The second kappa shape index (κ2) is 5.78. The zero-order valence-electron chi connectivity index (χ0n) is 9.03. The highest BCUT2D eigenvalue weighted by molar-refractivity contribution is 5.27. The summed E-state index contributed by atoms with van der Waals surface area (Å²) in [5.41, 5.74) is 2.72. The van der Waals surface area contributed by atoms with Crippen molar-refractivity contribution in [2.24, 2.45) is 0 Å². The van der Waals surface area contributed by atoms with Gasteiger partial charge in [0.15, 0.2) is 0 Å². The fourth-order valence-corrected chi connectivity index (χ4v) is 1.57. The molecule has 2 nitrogen and oxygen atoms in total. The fourth-order valence-electron chi connectivity index (χ4n) is 1.57. The number of benzene rings is 1. The van der Waals surface area contributed by atoms with E-state index in [1.165, 1.54) is 11.1 Å². The SMILES string of the molecule is CN(C)Cc1ccccc1CCCO. The molecule has 0 fully saturated rings. The van der Waals surface area contributed by atoms with E-state index in [0.717, 1.165) is 19.4 Å². The summed E-state index contributed by atoms with van der Waals surface area (Å²) < 4.78 is 0. The molecule has 0 heterocycles. The van der Waals surface area contributed by atoms with Gasteiger partial charge in [0.2, 0.25) is 0 Å². The number of aliphatic hydroxyl groups excluding tert-OH is 1. The first-order chi connectivity index (χ1) is 6.74. The number of aryl methyl sites for hydroxylation is 1. The van der Waals surface area contributed by atoms with E-state index in [-0.39, 0.29) is 6.61 Å². The van der Waals surface area contributed by atoms with Gasteiger partial charge >= 0.3 is 0 Å². The van der Waals surface area contributed by atoms with Crippen LogP contribution in [0.3, 0.4) is 0 Å². The average Bonchev–Trinajstić information content (AvgIpc) is 2.16. The Bertz CT molecular complexity index is 271. The topological polar surface area (TPSA) is 23.5 Å². The Kier molecular flexibility index (Phi) is 4.63. The molecule has 0 atom stereocenters. The first kappa shape index (κ1) is 11.2. The van der Waals surface area contributed by atoms with Gasteiger partial charge in [0.05, 0.1) is 0 Å². The summed E-state index contributed by atoms with van der Waals surface area (Å²) in [6.07, 6.45) is 1.82. The van der Waals surface area contributed by atoms with E-state index in [9.17, 15) is 0 Å². The third-order valence-electron chi connectivity index (χ3n) is 2.21. The molecule has 0 spiro atoms. The van der Waals surface area contributed by atoms with Gasteiger partial charge in [-0.25, -0.2) is 0 Å². The molecule has 0 radical (unpaired) electrons. The summed E-state index contributed by atoms with van der Waals surface area (Å²) in [6.45, 7) is 1.25. The molecule has 0 aliphatic carbocycles. The van der Waals surface area contributed by atoms with Crippen molar-refractivity contribution in [3.8, 4) is 0 Å². The first-order valence-electron chi connectivity index (χ1n) is 5.06. The second-order valence-corrected chi connectivity index (χ2v) is 3.83. The van der Waals surface area contributed by atoms with E-state index in [1.54, 1.807) is 0 Å². The smallest absolute Gasteiger partial charge is 0.0434 e. The summed E-state index contributed by atoms with van der Waals surface area (Å²) in [5, 5.41) is 8.79. The van der Waals surface area contributed by atoms with Gasteiger partial charge in [0, 0.05) is 13.2 Å². The second-order valence-electron chi connectivity index (χ2n) is 3.83. The van der Waals surface area contributed by atoms with Crippen molar-refractivity contribution in [2.45, 2.75) is 19.4 Å². The van der Waals surface area contributed by atoms with Crippen LogP contribution in [0, 0.1) is 0 Å². The van der Waals surface area contributed by atoms with Crippen LogP contribution in [0.1, 0.15) is 17.5 Å². The third kappa shape index (κ3) is 3.48. The largest absolute Gasteiger partial charge is 0.396 e. The van der Waals surface area contributed by atoms with Crippen LogP contribution >= 0.6 is 0 Å². The molecule has 0 aliphatic heterocycles. The maximum Gasteiger partial charge on any atom is 0.0434 e. The highest BCUT2D eigenvalue weighted by atomic mass is 16.2. The maximum absolute atomic E-state index is 8.79. The van der Waals surface area contributed by atoms with Gasteiger partial charge in [-0.1, -0.05) is 24.3 Å². The molecule has 2 heteroatoms. The molecule has 14 heavy (non-hydrogen) atoms. The Hall–Kier alpha value is -0.860. The zero-order valence-corrected chi connectivity index (χ0v) is 9.03. The van der Waals surface area contributed by atoms with Crippen LogP contribution in [0.15, 0.2) is 24.3 Å². The molecule has 0 saturated carbocycles. The van der Waals surface area contributed by atoms with E-state index in [1.807, 2.05) is 0 Å². The molecule has 0 saturated heterocycles. The van der Waals surface area contributed by atoms with E-state index < -0.39 is 0 Å². The molecule has 0 unspecified atom stereocenters. The number of hydrogen-bond acceptors (Lipinski definition) is 2. The number of nitrogens with zero attached hydrogens (tertiary/aromatic N) is 1. The summed E-state index contributed by atoms with van der Waals surface area (Å²) in [4.78, 5) is 2.16. The highest BCUT2D eigenvalue weighted by Gasteiger charge is 2.01. The van der Waals surface area contributed by atoms with Crippen LogP contribution in [-0.2, 0) is 13.0 Å². The minimum absolute atomic E-state index is 0.274. The van der Waals surface area contributed by atoms with Gasteiger partial charge in [0.25, 0.3) is 0 Å². The molecule has 1 N–H and O–H groups in total. The van der Waals surface area contributed by atoms with Gasteiger partial charge in [-0.3, -0.25) is 0 Å². The lowest BCUT2D eigenvalue weighted by Gasteiger charge is -2.13.